The van der Waals surface area contributed by atoms with E-state index < -0.39 is 11.6 Å². The Morgan fingerprint density at radius 3 is 2.59 bits per heavy atom. The van der Waals surface area contributed by atoms with Crippen LogP contribution in [0, 0.1) is 18.6 Å². The van der Waals surface area contributed by atoms with Gasteiger partial charge in [-0.25, -0.2) is 18.6 Å². The minimum Gasteiger partial charge on any atom is -0.286 e. The van der Waals surface area contributed by atoms with E-state index in [4.69, 9.17) is 0 Å². The first-order valence-electron chi connectivity index (χ1n) is 8.36. The summed E-state index contributed by atoms with van der Waals surface area (Å²) in [6, 6.07) is 7.97. The van der Waals surface area contributed by atoms with E-state index in [0.29, 0.717) is 23.3 Å². The lowest BCUT2D eigenvalue weighted by atomic mass is 10.0. The molecule has 0 saturated heterocycles. The van der Waals surface area contributed by atoms with Gasteiger partial charge in [-0.05, 0) is 42.8 Å². The Hall–Kier alpha value is -3.35. The standard InChI is InChI=1S/C20H16F2N4O/c1-12-16(21)4-3-15(18(12)22)14-9-17-19(24-10-14)25(2)20(27)26(17)11-13-5-7-23-8-6-13/h3-10H,11H2,1-2H3. The van der Waals surface area contributed by atoms with Crippen molar-refractivity contribution in [1.82, 2.24) is 19.1 Å². The van der Waals surface area contributed by atoms with Crippen LogP contribution in [0.4, 0.5) is 8.78 Å². The van der Waals surface area contributed by atoms with E-state index in [1.165, 1.54) is 29.8 Å². The Kier molecular flexibility index (Phi) is 4.07. The Balaban J connectivity index is 1.91. The van der Waals surface area contributed by atoms with Gasteiger partial charge < -0.3 is 0 Å². The molecule has 0 unspecified atom stereocenters. The second-order valence-electron chi connectivity index (χ2n) is 6.38. The molecule has 0 fully saturated rings. The fourth-order valence-electron chi connectivity index (χ4n) is 3.13. The molecule has 0 aliphatic rings. The van der Waals surface area contributed by atoms with Crippen LogP contribution in [0.5, 0.6) is 0 Å². The molecule has 4 rings (SSSR count). The molecule has 0 N–H and O–H groups in total. The van der Waals surface area contributed by atoms with Gasteiger partial charge in [0.15, 0.2) is 5.65 Å². The fraction of sp³-hybridized carbons (Fsp3) is 0.150. The molecule has 0 aliphatic carbocycles. The molecule has 0 aliphatic heterocycles. The van der Waals surface area contributed by atoms with E-state index in [2.05, 4.69) is 9.97 Å². The zero-order valence-corrected chi connectivity index (χ0v) is 14.8. The number of aromatic nitrogens is 4. The molecule has 0 bridgehead atoms. The van der Waals surface area contributed by atoms with E-state index in [9.17, 15) is 13.6 Å². The summed E-state index contributed by atoms with van der Waals surface area (Å²) in [6.45, 7) is 1.73. The van der Waals surface area contributed by atoms with Gasteiger partial charge in [-0.2, -0.15) is 0 Å². The highest BCUT2D eigenvalue weighted by Crippen LogP contribution is 2.28. The lowest BCUT2D eigenvalue weighted by molar-refractivity contribution is 0.570. The minimum absolute atomic E-state index is 0.0464. The average molecular weight is 366 g/mol. The first-order chi connectivity index (χ1) is 13.0. The molecule has 27 heavy (non-hydrogen) atoms. The van der Waals surface area contributed by atoms with Gasteiger partial charge in [0.1, 0.15) is 11.6 Å². The third-order valence-electron chi connectivity index (χ3n) is 4.69. The van der Waals surface area contributed by atoms with Crippen LogP contribution in [-0.4, -0.2) is 19.1 Å². The van der Waals surface area contributed by atoms with Gasteiger partial charge >= 0.3 is 5.69 Å². The number of benzene rings is 1. The maximum Gasteiger partial charge on any atom is 0.330 e. The zero-order chi connectivity index (χ0) is 19.1. The minimum atomic E-state index is -0.630. The summed E-state index contributed by atoms with van der Waals surface area (Å²) in [4.78, 5) is 21.0. The first kappa shape index (κ1) is 17.1. The van der Waals surface area contributed by atoms with Crippen LogP contribution in [-0.2, 0) is 13.6 Å². The Morgan fingerprint density at radius 2 is 1.85 bits per heavy atom. The molecule has 0 saturated carbocycles. The molecule has 0 spiro atoms. The summed E-state index contributed by atoms with van der Waals surface area (Å²) >= 11 is 0. The number of nitrogens with zero attached hydrogens (tertiary/aromatic N) is 4. The third kappa shape index (κ3) is 2.81. The summed E-state index contributed by atoms with van der Waals surface area (Å²) in [5.74, 6) is -1.23. The molecule has 1 aromatic carbocycles. The molecule has 136 valence electrons. The number of aryl methyl sites for hydroxylation is 1. The Morgan fingerprint density at radius 1 is 1.11 bits per heavy atom. The lowest BCUT2D eigenvalue weighted by Crippen LogP contribution is -2.22. The topological polar surface area (TPSA) is 52.7 Å². The van der Waals surface area contributed by atoms with Crippen LogP contribution < -0.4 is 5.69 Å². The van der Waals surface area contributed by atoms with E-state index in [0.717, 1.165) is 5.56 Å². The number of halogens is 2. The smallest absolute Gasteiger partial charge is 0.286 e. The van der Waals surface area contributed by atoms with Crippen molar-refractivity contribution in [3.8, 4) is 11.1 Å². The van der Waals surface area contributed by atoms with Crippen molar-refractivity contribution < 1.29 is 8.78 Å². The van der Waals surface area contributed by atoms with E-state index in [1.54, 1.807) is 30.1 Å². The van der Waals surface area contributed by atoms with Crippen LogP contribution in [0.3, 0.4) is 0 Å². The predicted octanol–water partition coefficient (Wildman–Crippen LogP) is 3.43. The van der Waals surface area contributed by atoms with Crippen molar-refractivity contribution in [3.05, 3.63) is 82.2 Å². The molecular weight excluding hydrogens is 350 g/mol. The average Bonchev–Trinajstić information content (AvgIpc) is 2.91. The third-order valence-corrected chi connectivity index (χ3v) is 4.69. The van der Waals surface area contributed by atoms with Crippen molar-refractivity contribution in [1.29, 1.82) is 0 Å². The molecule has 0 radical (unpaired) electrons. The number of hydrogen-bond donors (Lipinski definition) is 0. The number of hydrogen-bond acceptors (Lipinski definition) is 3. The maximum atomic E-state index is 14.5. The second kappa shape index (κ2) is 6.42. The lowest BCUT2D eigenvalue weighted by Gasteiger charge is -2.08. The van der Waals surface area contributed by atoms with Gasteiger partial charge in [0.05, 0.1) is 12.1 Å². The van der Waals surface area contributed by atoms with Crippen molar-refractivity contribution in [2.45, 2.75) is 13.5 Å². The molecule has 0 atom stereocenters. The van der Waals surface area contributed by atoms with Gasteiger partial charge in [0.25, 0.3) is 0 Å². The highest BCUT2D eigenvalue weighted by atomic mass is 19.1. The first-order valence-corrected chi connectivity index (χ1v) is 8.36. The van der Waals surface area contributed by atoms with Gasteiger partial charge in [0, 0.05) is 42.3 Å². The summed E-state index contributed by atoms with van der Waals surface area (Å²) in [6.07, 6.45) is 4.81. The van der Waals surface area contributed by atoms with Gasteiger partial charge in [0.2, 0.25) is 0 Å². The van der Waals surface area contributed by atoms with Crippen LogP contribution in [0.2, 0.25) is 0 Å². The zero-order valence-electron chi connectivity index (χ0n) is 14.8. The molecule has 4 aromatic rings. The normalized spacial score (nSPS) is 11.3. The molecule has 0 amide bonds. The molecule has 3 aromatic heterocycles. The number of pyridine rings is 2. The summed E-state index contributed by atoms with van der Waals surface area (Å²) in [7, 11) is 1.64. The quantitative estimate of drug-likeness (QED) is 0.558. The summed E-state index contributed by atoms with van der Waals surface area (Å²) in [5, 5.41) is 0. The van der Waals surface area contributed by atoms with Crippen molar-refractivity contribution in [2.24, 2.45) is 7.05 Å². The van der Waals surface area contributed by atoms with Crippen LogP contribution in [0.1, 0.15) is 11.1 Å². The van der Waals surface area contributed by atoms with Crippen molar-refractivity contribution in [2.75, 3.05) is 0 Å². The van der Waals surface area contributed by atoms with E-state index in [-0.39, 0.29) is 16.8 Å². The largest absolute Gasteiger partial charge is 0.330 e. The van der Waals surface area contributed by atoms with E-state index in [1.807, 2.05) is 12.1 Å². The fourth-order valence-corrected chi connectivity index (χ4v) is 3.13. The number of rotatable bonds is 3. The molecule has 5 nitrogen and oxygen atoms in total. The molecular formula is C20H16F2N4O. The summed E-state index contributed by atoms with van der Waals surface area (Å²) in [5.41, 5.74) is 2.45. The van der Waals surface area contributed by atoms with Crippen LogP contribution in [0.15, 0.2) is 53.7 Å². The van der Waals surface area contributed by atoms with Gasteiger partial charge in [-0.3, -0.25) is 14.1 Å². The maximum absolute atomic E-state index is 14.5. The predicted molar refractivity (Wildman–Crippen MR) is 98.4 cm³/mol. The second-order valence-corrected chi connectivity index (χ2v) is 6.38. The number of fused-ring (bicyclic) bond motifs is 1. The number of imidazole rings is 1. The summed E-state index contributed by atoms with van der Waals surface area (Å²) < 4.78 is 31.1. The van der Waals surface area contributed by atoms with Crippen molar-refractivity contribution in [3.63, 3.8) is 0 Å². The highest BCUT2D eigenvalue weighted by Gasteiger charge is 2.16. The van der Waals surface area contributed by atoms with Crippen LogP contribution in [0.25, 0.3) is 22.3 Å². The van der Waals surface area contributed by atoms with Crippen LogP contribution >= 0.6 is 0 Å². The Bertz CT molecular complexity index is 1210. The van der Waals surface area contributed by atoms with Gasteiger partial charge in [-0.15, -0.1) is 0 Å². The SMILES string of the molecule is Cc1c(F)ccc(-c2cnc3c(c2)n(Cc2ccncc2)c(=O)n3C)c1F. The highest BCUT2D eigenvalue weighted by molar-refractivity contribution is 5.79. The molecule has 7 heteroatoms. The Labute approximate surface area is 153 Å². The molecule has 3 heterocycles. The van der Waals surface area contributed by atoms with Crippen molar-refractivity contribution >= 4 is 11.2 Å². The monoisotopic (exact) mass is 366 g/mol. The van der Waals surface area contributed by atoms with Gasteiger partial charge in [-0.1, -0.05) is 0 Å². The van der Waals surface area contributed by atoms with E-state index >= 15 is 0 Å².